The fourth-order valence-electron chi connectivity index (χ4n) is 12.1. The first-order chi connectivity index (χ1) is 32.1. The number of nitrogens with zero attached hydrogens (tertiary/aromatic N) is 5. The summed E-state index contributed by atoms with van der Waals surface area (Å²) in [4.78, 5) is 66.6. The number of carboxylic acids is 1. The summed E-state index contributed by atoms with van der Waals surface area (Å²) in [6.45, 7) is 7.51. The lowest BCUT2D eigenvalue weighted by Crippen LogP contribution is -2.64. The van der Waals surface area contributed by atoms with E-state index < -0.39 is 45.5 Å². The van der Waals surface area contributed by atoms with Crippen LogP contribution in [0.5, 0.6) is 0 Å². The summed E-state index contributed by atoms with van der Waals surface area (Å²) >= 11 is 1.39. The zero-order valence-electron chi connectivity index (χ0n) is 37.9. The summed E-state index contributed by atoms with van der Waals surface area (Å²) in [7, 11) is -3.04. The maximum Gasteiger partial charge on any atom is 0.433 e. The predicted octanol–water partition coefficient (Wildman–Crippen LogP) is 7.08. The molecule has 4 fully saturated rings. The Labute approximate surface area is 395 Å². The largest absolute Gasteiger partial charge is 0.476 e. The minimum Gasteiger partial charge on any atom is -0.476 e. The third kappa shape index (κ3) is 9.42. The second-order valence-electron chi connectivity index (χ2n) is 19.7. The summed E-state index contributed by atoms with van der Waals surface area (Å²) in [5, 5.41) is 20.4. The Kier molecular flexibility index (Phi) is 11.9. The van der Waals surface area contributed by atoms with Crippen molar-refractivity contribution in [3.05, 3.63) is 95.9 Å². The summed E-state index contributed by atoms with van der Waals surface area (Å²) in [6.07, 6.45) is 6.26. The molecule has 4 saturated carbocycles. The van der Waals surface area contributed by atoms with Crippen LogP contribution < -0.4 is 16.5 Å². The first-order valence-corrected chi connectivity index (χ1v) is 24.6. The molecular weight excluding hydrogens is 913 g/mol. The van der Waals surface area contributed by atoms with Crippen LogP contribution in [-0.4, -0.2) is 104 Å². The second kappa shape index (κ2) is 17.3. The lowest BCUT2D eigenvalue weighted by molar-refractivity contribution is -0.248. The number of likely N-dealkylation sites (N-methyl/N-ethyl adjacent to an activating group) is 1. The number of nitrogens with one attached hydrogen (secondary N) is 2. The summed E-state index contributed by atoms with van der Waals surface area (Å²) in [5.41, 5.74) is 10.8. The van der Waals surface area contributed by atoms with Crippen LogP contribution in [0.15, 0.2) is 79.0 Å². The van der Waals surface area contributed by atoms with Gasteiger partial charge < -0.3 is 25.3 Å². The van der Waals surface area contributed by atoms with Gasteiger partial charge in [-0.25, -0.2) is 19.6 Å². The summed E-state index contributed by atoms with van der Waals surface area (Å²) in [6, 6.07) is 20.7. The van der Waals surface area contributed by atoms with E-state index in [-0.39, 0.29) is 41.0 Å². The number of ether oxygens (including phenoxy) is 1. The van der Waals surface area contributed by atoms with Crippen molar-refractivity contribution < 1.29 is 46.8 Å². The summed E-state index contributed by atoms with van der Waals surface area (Å²) < 4.78 is 40.8. The molecule has 356 valence electrons. The molecule has 10 rings (SSSR count). The van der Waals surface area contributed by atoms with E-state index in [9.17, 15) is 32.7 Å². The van der Waals surface area contributed by atoms with E-state index in [2.05, 4.69) is 24.1 Å². The molecule has 3 atom stereocenters. The van der Waals surface area contributed by atoms with Crippen molar-refractivity contribution in [3.63, 3.8) is 0 Å². The topological polar surface area (TPSA) is 258 Å². The van der Waals surface area contributed by atoms with Crippen molar-refractivity contribution in [1.82, 2.24) is 30.1 Å². The Bertz CT molecular complexity index is 3080. The highest BCUT2D eigenvalue weighted by molar-refractivity contribution is 7.85. The van der Waals surface area contributed by atoms with Gasteiger partial charge in [-0.1, -0.05) is 61.6 Å². The van der Waals surface area contributed by atoms with Gasteiger partial charge in [-0.3, -0.25) is 24.1 Å². The van der Waals surface area contributed by atoms with E-state index in [1.54, 1.807) is 24.4 Å². The number of aromatic nitrogens is 4. The van der Waals surface area contributed by atoms with Crippen LogP contribution in [0, 0.1) is 23.2 Å². The number of pyridine rings is 1. The van der Waals surface area contributed by atoms with Crippen LogP contribution in [0.3, 0.4) is 0 Å². The molecule has 18 nitrogen and oxygen atoms in total. The van der Waals surface area contributed by atoms with Crippen molar-refractivity contribution in [2.45, 2.75) is 77.5 Å². The van der Waals surface area contributed by atoms with Gasteiger partial charge in [0, 0.05) is 48.1 Å². The van der Waals surface area contributed by atoms with E-state index in [1.807, 2.05) is 71.7 Å². The molecule has 3 amide bonds. The SMILES string of the molecule is Cc1c(-c2ccc(-c3ccc4cccc(C(=O)Nc5nc6ccccc6s5)c4c3)nc2C(=O)O)cnn1CC12CC3(C)CC(C)(C1)CC(OCCN(C)C(=O)ONC(=O)C(N)CS(=O)(=O)O)(C3)C2. The minimum atomic E-state index is -4.52. The molecule has 68 heavy (non-hydrogen) atoms. The molecule has 3 aromatic heterocycles. The highest BCUT2D eigenvalue weighted by atomic mass is 32.2. The smallest absolute Gasteiger partial charge is 0.433 e. The van der Waals surface area contributed by atoms with Gasteiger partial charge in [0.1, 0.15) is 6.04 Å². The zero-order valence-corrected chi connectivity index (χ0v) is 39.6. The van der Waals surface area contributed by atoms with E-state index in [0.29, 0.717) is 45.0 Å². The maximum absolute atomic E-state index is 13.6. The molecule has 0 radical (unpaired) electrons. The van der Waals surface area contributed by atoms with E-state index in [0.717, 1.165) is 59.8 Å². The number of nitrogens with two attached hydrogens (primary N) is 1. The highest BCUT2D eigenvalue weighted by Gasteiger charge is 2.66. The number of carboxylic acid groups (broad SMARTS) is 1. The molecule has 20 heteroatoms. The molecule has 4 aliphatic rings. The lowest BCUT2D eigenvalue weighted by Gasteiger charge is -2.69. The van der Waals surface area contributed by atoms with Crippen LogP contribution in [0.1, 0.15) is 78.9 Å². The van der Waals surface area contributed by atoms with Gasteiger partial charge in [-0.15, -0.1) is 0 Å². The fraction of sp³-hybridized carbons (Fsp3) is 0.396. The molecule has 0 spiro atoms. The normalized spacial score (nSPS) is 23.4. The number of hydrogen-bond acceptors (Lipinski definition) is 13. The number of para-hydroxylation sites is 1. The van der Waals surface area contributed by atoms with Crippen molar-refractivity contribution in [2.75, 3.05) is 31.3 Å². The maximum atomic E-state index is 13.6. The third-order valence-corrected chi connectivity index (χ3v) is 15.4. The molecule has 4 aliphatic carbocycles. The zero-order chi connectivity index (χ0) is 48.4. The van der Waals surface area contributed by atoms with E-state index in [4.69, 9.17) is 29.9 Å². The number of rotatable bonds is 14. The van der Waals surface area contributed by atoms with Gasteiger partial charge in [0.15, 0.2) is 10.8 Å². The number of thiazole rings is 1. The van der Waals surface area contributed by atoms with Crippen LogP contribution in [-0.2, 0) is 31.0 Å². The number of carbonyl (C=O) groups is 4. The van der Waals surface area contributed by atoms with Crippen LogP contribution in [0.4, 0.5) is 9.93 Å². The monoisotopic (exact) mass is 964 g/mol. The first kappa shape index (κ1) is 46.8. The van der Waals surface area contributed by atoms with E-state index >= 15 is 0 Å². The Balaban J connectivity index is 0.905. The molecule has 0 saturated heterocycles. The average Bonchev–Trinajstić information content (AvgIpc) is 3.83. The van der Waals surface area contributed by atoms with Crippen molar-refractivity contribution in [1.29, 1.82) is 0 Å². The van der Waals surface area contributed by atoms with Crippen molar-refractivity contribution in [2.24, 2.45) is 22.0 Å². The van der Waals surface area contributed by atoms with Crippen LogP contribution >= 0.6 is 11.3 Å². The molecule has 0 aliphatic heterocycles. The van der Waals surface area contributed by atoms with Crippen molar-refractivity contribution >= 4 is 71.5 Å². The second-order valence-corrected chi connectivity index (χ2v) is 22.2. The Morgan fingerprint density at radius 2 is 1.69 bits per heavy atom. The van der Waals surface area contributed by atoms with Gasteiger partial charge in [-0.05, 0) is 109 Å². The standard InChI is InChI=1S/C48H52N8O10S2/c1-28-34(31-14-15-36(51-39(31)42(59)60)30-13-12-29-8-7-9-32(33(29)18-30)40(57)53-43-52-37-10-5-6-11-38(37)67-43)19-50-56(28)27-47-22-45(2)21-46(3,23-47)25-48(24-45,26-47)65-17-16-55(4)44(61)66-54-41(58)35(49)20-68(62,63)64/h5-15,18-19,35H,16-17,20-27,49H2,1-4H3,(H,54,58)(H,59,60)(H,52,53,57)(H,62,63,64). The lowest BCUT2D eigenvalue weighted by atomic mass is 9.39. The predicted molar refractivity (Wildman–Crippen MR) is 254 cm³/mol. The fourth-order valence-corrected chi connectivity index (χ4v) is 13.6. The molecule has 6 aromatic rings. The number of aromatic carboxylic acids is 1. The molecule has 3 unspecified atom stereocenters. The summed E-state index contributed by atoms with van der Waals surface area (Å²) in [5.74, 6) is -3.62. The molecule has 6 N–H and O–H groups in total. The Hall–Kier alpha value is -6.32. The number of fused-ring (bicyclic) bond motifs is 2. The minimum absolute atomic E-state index is 0.0106. The Morgan fingerprint density at radius 1 is 0.941 bits per heavy atom. The molecule has 3 heterocycles. The van der Waals surface area contributed by atoms with Crippen LogP contribution in [0.25, 0.3) is 43.4 Å². The van der Waals surface area contributed by atoms with Crippen LogP contribution in [0.2, 0.25) is 0 Å². The van der Waals surface area contributed by atoms with Gasteiger partial charge in [0.25, 0.3) is 21.9 Å². The number of anilines is 1. The molecule has 4 bridgehead atoms. The van der Waals surface area contributed by atoms with Gasteiger partial charge in [-0.2, -0.15) is 19.0 Å². The number of carbonyl (C=O) groups excluding carboxylic acids is 3. The number of amides is 3. The quantitative estimate of drug-likeness (QED) is 0.0540. The van der Waals surface area contributed by atoms with Gasteiger partial charge in [0.2, 0.25) is 0 Å². The molecular formula is C48H52N8O10S2. The number of benzene rings is 3. The van der Waals surface area contributed by atoms with E-state index in [1.165, 1.54) is 23.3 Å². The average molecular weight is 965 g/mol. The molecule has 3 aromatic carbocycles. The number of hydrogen-bond donors (Lipinski definition) is 5. The first-order valence-electron chi connectivity index (χ1n) is 22.2. The van der Waals surface area contributed by atoms with Gasteiger partial charge >= 0.3 is 12.1 Å². The highest BCUT2D eigenvalue weighted by Crippen LogP contribution is 2.72. The van der Waals surface area contributed by atoms with Gasteiger partial charge in [0.05, 0.1) is 40.1 Å². The third-order valence-electron chi connectivity index (χ3n) is 13.7. The number of hydroxylamine groups is 1. The van der Waals surface area contributed by atoms with Crippen molar-refractivity contribution in [3.8, 4) is 22.4 Å². The Morgan fingerprint density at radius 3 is 2.41 bits per heavy atom.